The van der Waals surface area contributed by atoms with Crippen molar-refractivity contribution in [3.63, 3.8) is 0 Å². The maximum Gasteiger partial charge on any atom is 0.302 e. The molecule has 0 spiro atoms. The topological polar surface area (TPSA) is 190 Å². The van der Waals surface area contributed by atoms with Crippen molar-refractivity contribution in [2.75, 3.05) is 4.90 Å². The third-order valence-corrected chi connectivity index (χ3v) is 14.8. The molecule has 2 aliphatic carbocycles. The van der Waals surface area contributed by atoms with Crippen molar-refractivity contribution < 1.29 is 37.7 Å². The van der Waals surface area contributed by atoms with E-state index in [9.17, 15) is 19.2 Å². The van der Waals surface area contributed by atoms with Crippen molar-refractivity contribution in [3.05, 3.63) is 99.7 Å². The molecule has 2 amide bonds. The summed E-state index contributed by atoms with van der Waals surface area (Å²) in [7, 11) is 0. The zero-order valence-corrected chi connectivity index (χ0v) is 41.3. The number of hydrogen-bond donors (Lipinski definition) is 1. The molecule has 16 nitrogen and oxygen atoms in total. The van der Waals surface area contributed by atoms with Gasteiger partial charge in [-0.2, -0.15) is 0 Å². The largest absolute Gasteiger partial charge is 0.462 e. The van der Waals surface area contributed by atoms with Gasteiger partial charge < -0.3 is 37.9 Å². The van der Waals surface area contributed by atoms with Crippen LogP contribution in [0.25, 0.3) is 44.3 Å². The number of aryl methyl sites for hydroxylation is 5. The number of aromatic nitrogens is 6. The first kappa shape index (κ1) is 46.9. The van der Waals surface area contributed by atoms with Crippen molar-refractivity contribution in [2.24, 2.45) is 0 Å². The lowest BCUT2D eigenvalue weighted by Gasteiger charge is -2.27. The highest BCUT2D eigenvalue weighted by Gasteiger charge is 2.40. The molecule has 70 heavy (non-hydrogen) atoms. The van der Waals surface area contributed by atoms with Gasteiger partial charge in [0.2, 0.25) is 11.8 Å². The Morgan fingerprint density at radius 1 is 0.671 bits per heavy atom. The van der Waals surface area contributed by atoms with Crippen LogP contribution in [0.5, 0.6) is 0 Å². The summed E-state index contributed by atoms with van der Waals surface area (Å²) in [5.41, 5.74) is 11.1. The van der Waals surface area contributed by atoms with Crippen LogP contribution in [0.15, 0.2) is 63.6 Å². The summed E-state index contributed by atoms with van der Waals surface area (Å²) in [6, 6.07) is 18.2. The maximum absolute atomic E-state index is 13.2. The number of ether oxygens (including phenoxy) is 2. The van der Waals surface area contributed by atoms with Gasteiger partial charge in [-0.05, 0) is 126 Å². The molecule has 2 saturated heterocycles. The number of imidazole rings is 2. The number of esters is 2. The summed E-state index contributed by atoms with van der Waals surface area (Å²) in [6.07, 6.45) is 6.99. The molecule has 6 atom stereocenters. The fourth-order valence-corrected chi connectivity index (χ4v) is 11.5. The van der Waals surface area contributed by atoms with Crippen molar-refractivity contribution >= 4 is 63.1 Å². The molecular formula is C53H57ClN8O8. The highest BCUT2D eigenvalue weighted by atomic mass is 35.5. The van der Waals surface area contributed by atoms with Gasteiger partial charge in [0.05, 0.1) is 45.5 Å². The minimum absolute atomic E-state index is 0.0548. The van der Waals surface area contributed by atoms with Crippen molar-refractivity contribution in [1.82, 2.24) is 34.7 Å². The number of hydrogen-bond acceptors (Lipinski definition) is 12. The molecule has 0 unspecified atom stereocenters. The molecule has 17 heteroatoms. The lowest BCUT2D eigenvalue weighted by molar-refractivity contribution is -0.147. The fraction of sp³-hybridized carbons (Fsp3) is 0.434. The molecular weight excluding hydrogens is 912 g/mol. The first-order chi connectivity index (χ1) is 33.6. The Hall–Kier alpha value is -6.81. The van der Waals surface area contributed by atoms with Gasteiger partial charge in [0.25, 0.3) is 0 Å². The van der Waals surface area contributed by atoms with Crippen LogP contribution < -0.4 is 10.2 Å². The van der Waals surface area contributed by atoms with Gasteiger partial charge in [-0.3, -0.25) is 19.2 Å². The van der Waals surface area contributed by atoms with E-state index in [0.717, 1.165) is 129 Å². The van der Waals surface area contributed by atoms with Crippen LogP contribution in [0.4, 0.5) is 5.69 Å². The Bertz CT molecular complexity index is 3160. The molecule has 0 bridgehead atoms. The molecule has 2 saturated carbocycles. The summed E-state index contributed by atoms with van der Waals surface area (Å²) in [4.78, 5) is 60.2. The van der Waals surface area contributed by atoms with Crippen LogP contribution >= 0.6 is 11.6 Å². The molecule has 2 aliphatic heterocycles. The molecule has 0 radical (unpaired) electrons. The maximum atomic E-state index is 13.2. The smallest absolute Gasteiger partial charge is 0.302 e. The lowest BCUT2D eigenvalue weighted by Crippen LogP contribution is -2.29. The van der Waals surface area contributed by atoms with E-state index in [4.69, 9.17) is 40.1 Å². The highest BCUT2D eigenvalue weighted by molar-refractivity contribution is 6.31. The summed E-state index contributed by atoms with van der Waals surface area (Å²) in [5.74, 6) is 2.87. The Labute approximate surface area is 410 Å². The minimum atomic E-state index is -0.260. The van der Waals surface area contributed by atoms with Gasteiger partial charge in [-0.1, -0.05) is 40.1 Å². The predicted octanol–water partition coefficient (Wildman–Crippen LogP) is 10.7. The number of halogens is 1. The molecule has 1 N–H and O–H groups in total. The predicted molar refractivity (Wildman–Crippen MR) is 262 cm³/mol. The van der Waals surface area contributed by atoms with E-state index in [1.165, 1.54) is 13.8 Å². The number of anilines is 1. The average molecular weight is 970 g/mol. The number of carbonyl (C=O) groups excluding carboxylic acids is 4. The van der Waals surface area contributed by atoms with E-state index in [2.05, 4.69) is 61.2 Å². The van der Waals surface area contributed by atoms with Crippen LogP contribution in [0, 0.1) is 34.6 Å². The quantitative estimate of drug-likeness (QED) is 0.135. The van der Waals surface area contributed by atoms with E-state index < -0.39 is 0 Å². The number of amides is 2. The van der Waals surface area contributed by atoms with Crippen LogP contribution in [-0.2, 0) is 28.7 Å². The number of nitrogens with one attached hydrogen (secondary N) is 1. The van der Waals surface area contributed by atoms with Crippen molar-refractivity contribution in [1.29, 1.82) is 0 Å². The van der Waals surface area contributed by atoms with Crippen LogP contribution in [0.1, 0.15) is 142 Å². The average Bonchev–Trinajstić information content (AvgIpc) is 4.19. The van der Waals surface area contributed by atoms with Crippen molar-refractivity contribution in [2.45, 2.75) is 149 Å². The van der Waals surface area contributed by atoms with Crippen LogP contribution in [-0.4, -0.2) is 65.4 Å². The monoisotopic (exact) mass is 968 g/mol. The van der Waals surface area contributed by atoms with Crippen molar-refractivity contribution in [3.8, 4) is 22.3 Å². The molecule has 11 rings (SSSR count). The molecule has 364 valence electrons. The molecule has 4 aliphatic rings. The van der Waals surface area contributed by atoms with E-state index in [1.54, 1.807) is 0 Å². The second-order valence-electron chi connectivity index (χ2n) is 19.3. The van der Waals surface area contributed by atoms with E-state index >= 15 is 0 Å². The van der Waals surface area contributed by atoms with Gasteiger partial charge in [-0.25, -0.2) is 9.97 Å². The van der Waals surface area contributed by atoms with Crippen LogP contribution in [0.3, 0.4) is 0 Å². The number of rotatable bonds is 9. The van der Waals surface area contributed by atoms with Gasteiger partial charge in [0, 0.05) is 73.5 Å². The van der Waals surface area contributed by atoms with Gasteiger partial charge in [-0.15, -0.1) is 0 Å². The Morgan fingerprint density at radius 2 is 1.21 bits per heavy atom. The second-order valence-corrected chi connectivity index (χ2v) is 19.7. The van der Waals surface area contributed by atoms with Gasteiger partial charge in [0.15, 0.2) is 0 Å². The number of nitrogens with zero attached hydrogens (tertiary/aromatic N) is 7. The first-order valence-electron chi connectivity index (χ1n) is 24.2. The number of benzene rings is 3. The number of carbonyl (C=O) groups is 4. The van der Waals surface area contributed by atoms with E-state index in [-0.39, 0.29) is 60.1 Å². The molecule has 6 heterocycles. The third-order valence-electron chi connectivity index (χ3n) is 14.4. The molecule has 7 aromatic rings. The molecule has 4 fully saturated rings. The summed E-state index contributed by atoms with van der Waals surface area (Å²) < 4.78 is 26.3. The third kappa shape index (κ3) is 8.86. The Kier molecular flexibility index (Phi) is 12.6. The van der Waals surface area contributed by atoms with Gasteiger partial charge in [0.1, 0.15) is 35.4 Å². The second kappa shape index (κ2) is 18.8. The zero-order valence-electron chi connectivity index (χ0n) is 40.5. The highest BCUT2D eigenvalue weighted by Crippen LogP contribution is 2.45. The minimum Gasteiger partial charge on any atom is -0.462 e. The number of fused-ring (bicyclic) bond motifs is 2. The Morgan fingerprint density at radius 3 is 1.70 bits per heavy atom. The first-order valence-corrected chi connectivity index (χ1v) is 24.6. The summed E-state index contributed by atoms with van der Waals surface area (Å²) in [5, 5.41) is 11.9. The lowest BCUT2D eigenvalue weighted by atomic mass is 10.0. The summed E-state index contributed by atoms with van der Waals surface area (Å²) >= 11 is 6.47. The van der Waals surface area contributed by atoms with Gasteiger partial charge >= 0.3 is 11.9 Å². The normalized spacial score (nSPS) is 22.3. The SMILES string of the molecule is CC(=O)O[C@@H]1CC[C@@H](n2c([C@@H]3CCC(=O)N3)nc3cc(-c4c(C)noc4C)ccc32)C1.CC(=O)O[C@@H]1CC[C@@H](n2c([C@@H]3CCC(=O)N3c3ccc(C)c(Cl)c3)nc3cc(-c4c(C)noc4C)ccc32)C1. The Balaban J connectivity index is 0.000000166. The molecule has 4 aromatic heterocycles. The van der Waals surface area contributed by atoms with Crippen LogP contribution in [0.2, 0.25) is 5.02 Å². The molecule has 3 aromatic carbocycles. The fourth-order valence-electron chi connectivity index (χ4n) is 11.4. The van der Waals surface area contributed by atoms with E-state index in [1.807, 2.05) is 57.7 Å². The summed E-state index contributed by atoms with van der Waals surface area (Å²) in [6.45, 7) is 12.5. The standard InChI is InChI=1S/C30H31ClN4O4.C23H26N4O4/c1-16-5-7-22(15-24(16)31)34-27(11-12-28(34)37)30-32-25-13-20(29-17(2)33-39-18(29)3)6-10-26(25)35(30)21-8-9-23(14-21)38-19(4)36;1-12-22(13(2)31-26-12)15-4-8-20-19(10-15)25-23(18-7-9-21(29)24-18)27(20)16-5-6-17(11-16)30-14(3)28/h5-7,10,13,15,21,23,27H,8-9,11-12,14H2,1-4H3;4,8,10,16-18H,5-7,9,11H2,1-3H3,(H,24,29)/t21-,23-,27+;16-,17-,18+/m11/s1. The van der Waals surface area contributed by atoms with E-state index in [0.29, 0.717) is 30.7 Å². The zero-order chi connectivity index (χ0) is 49.1.